The van der Waals surface area contributed by atoms with Crippen LogP contribution in [0.5, 0.6) is 0 Å². The molecule has 0 aromatic heterocycles. The molecule has 0 radical (unpaired) electrons. The van der Waals surface area contributed by atoms with Crippen molar-refractivity contribution in [2.75, 3.05) is 13.2 Å². The Balaban J connectivity index is 3.02. The number of esters is 1. The molecule has 8 nitrogen and oxygen atoms in total. The molecule has 0 bridgehead atoms. The normalized spacial score (nSPS) is 11.7. The number of nitrogens with zero attached hydrogens (tertiary/aromatic N) is 5. The van der Waals surface area contributed by atoms with Gasteiger partial charge in [-0.25, -0.2) is 4.79 Å². The van der Waals surface area contributed by atoms with Crippen molar-refractivity contribution in [3.63, 3.8) is 0 Å². The molecule has 0 saturated heterocycles. The van der Waals surface area contributed by atoms with Gasteiger partial charge in [-0.1, -0.05) is 23.3 Å². The molecular formula is C12H13N5O3. The Morgan fingerprint density at radius 2 is 2.10 bits per heavy atom. The number of carbonyl (C=O) groups is 1. The minimum atomic E-state index is -0.835. The monoisotopic (exact) mass is 275 g/mol. The summed E-state index contributed by atoms with van der Waals surface area (Å²) in [5.74, 6) is -1.33. The first-order valence-electron chi connectivity index (χ1n) is 5.76. The van der Waals surface area contributed by atoms with Gasteiger partial charge in [0.2, 0.25) is 5.70 Å². The molecule has 0 unspecified atom stereocenters. The molecule has 104 valence electrons. The van der Waals surface area contributed by atoms with Gasteiger partial charge in [0.1, 0.15) is 5.76 Å². The third kappa shape index (κ3) is 4.79. The maximum absolute atomic E-state index is 11.6. The first-order chi connectivity index (χ1) is 9.69. The molecule has 0 spiro atoms. The second kappa shape index (κ2) is 8.28. The van der Waals surface area contributed by atoms with E-state index in [4.69, 9.17) is 10.3 Å². The summed E-state index contributed by atoms with van der Waals surface area (Å²) in [5.41, 5.74) is 8.32. The van der Waals surface area contributed by atoms with Crippen LogP contribution in [0.3, 0.4) is 0 Å². The second-order valence-corrected chi connectivity index (χ2v) is 3.44. The Morgan fingerprint density at radius 3 is 2.70 bits per heavy atom. The molecule has 1 aromatic rings. The number of hydrogen-bond donors (Lipinski definition) is 1. The van der Waals surface area contributed by atoms with Gasteiger partial charge in [-0.2, -0.15) is 5.11 Å². The van der Waals surface area contributed by atoms with E-state index < -0.39 is 18.3 Å². The van der Waals surface area contributed by atoms with Crippen LogP contribution in [0, 0.1) is 0 Å². The Bertz CT molecular complexity index is 562. The lowest BCUT2D eigenvalue weighted by atomic mass is 10.3. The lowest BCUT2D eigenvalue weighted by molar-refractivity contribution is -0.138. The minimum Gasteiger partial charge on any atom is -0.510 e. The smallest absolute Gasteiger partial charge is 0.362 e. The summed E-state index contributed by atoms with van der Waals surface area (Å²) < 4.78 is 4.75. The summed E-state index contributed by atoms with van der Waals surface area (Å²) in [6, 6.07) is 8.66. The van der Waals surface area contributed by atoms with Crippen molar-refractivity contribution >= 4 is 11.7 Å². The average molecular weight is 275 g/mol. The fourth-order valence-corrected chi connectivity index (χ4v) is 1.19. The summed E-state index contributed by atoms with van der Waals surface area (Å²) in [7, 11) is 0. The van der Waals surface area contributed by atoms with Gasteiger partial charge < -0.3 is 9.84 Å². The number of aliphatic hydroxyl groups is 1. The molecule has 1 aromatic carbocycles. The molecule has 8 heteroatoms. The molecule has 0 aliphatic carbocycles. The summed E-state index contributed by atoms with van der Waals surface area (Å²) >= 11 is 0. The topological polar surface area (TPSA) is 120 Å². The number of hydrogen-bond acceptors (Lipinski definition) is 6. The van der Waals surface area contributed by atoms with E-state index in [0.717, 1.165) is 0 Å². The third-order valence-corrected chi connectivity index (χ3v) is 2.05. The molecule has 0 aliphatic heterocycles. The number of rotatable bonds is 6. The first-order valence-corrected chi connectivity index (χ1v) is 5.76. The Kier molecular flexibility index (Phi) is 6.29. The highest BCUT2D eigenvalue weighted by Crippen LogP contribution is 2.15. The fourth-order valence-electron chi connectivity index (χ4n) is 1.19. The van der Waals surface area contributed by atoms with Crippen molar-refractivity contribution < 1.29 is 14.6 Å². The third-order valence-electron chi connectivity index (χ3n) is 2.05. The van der Waals surface area contributed by atoms with Crippen molar-refractivity contribution in [1.82, 2.24) is 0 Å². The van der Waals surface area contributed by atoms with Crippen molar-refractivity contribution in [2.45, 2.75) is 6.92 Å². The first kappa shape index (κ1) is 15.2. The number of aliphatic hydroxyl groups excluding tert-OH is 1. The SMILES string of the molecule is CCOC(=O)/C(N=Nc1ccccc1)=C(/O)CN=[N+]=[N-]. The molecule has 0 aliphatic rings. The van der Waals surface area contributed by atoms with Crippen molar-refractivity contribution in [3.05, 3.63) is 52.2 Å². The Labute approximate surface area is 115 Å². The predicted octanol–water partition coefficient (Wildman–Crippen LogP) is 3.41. The largest absolute Gasteiger partial charge is 0.510 e. The van der Waals surface area contributed by atoms with Crippen LogP contribution in [0.4, 0.5) is 5.69 Å². The van der Waals surface area contributed by atoms with E-state index in [1.807, 2.05) is 0 Å². The highest BCUT2D eigenvalue weighted by Gasteiger charge is 2.16. The Morgan fingerprint density at radius 1 is 1.40 bits per heavy atom. The van der Waals surface area contributed by atoms with Gasteiger partial charge in [0.05, 0.1) is 18.8 Å². The van der Waals surface area contributed by atoms with Gasteiger partial charge in [-0.15, -0.1) is 5.11 Å². The van der Waals surface area contributed by atoms with E-state index in [0.29, 0.717) is 5.69 Å². The molecule has 0 fully saturated rings. The lowest BCUT2D eigenvalue weighted by Crippen LogP contribution is -2.09. The van der Waals surface area contributed by atoms with Gasteiger partial charge in [0.25, 0.3) is 0 Å². The van der Waals surface area contributed by atoms with Crippen LogP contribution >= 0.6 is 0 Å². The number of ether oxygens (including phenoxy) is 1. The van der Waals surface area contributed by atoms with Crippen LogP contribution in [-0.2, 0) is 9.53 Å². The quantitative estimate of drug-likeness (QED) is 0.214. The summed E-state index contributed by atoms with van der Waals surface area (Å²) in [6.45, 7) is 1.34. The minimum absolute atomic E-state index is 0.123. The highest BCUT2D eigenvalue weighted by atomic mass is 16.5. The van der Waals surface area contributed by atoms with Gasteiger partial charge in [0.15, 0.2) is 0 Å². The molecule has 20 heavy (non-hydrogen) atoms. The molecular weight excluding hydrogens is 262 g/mol. The maximum Gasteiger partial charge on any atom is 0.362 e. The average Bonchev–Trinajstić information content (AvgIpc) is 2.46. The molecule has 0 heterocycles. The summed E-state index contributed by atoms with van der Waals surface area (Å²) in [4.78, 5) is 14.1. The van der Waals surface area contributed by atoms with E-state index in [1.54, 1.807) is 37.3 Å². The van der Waals surface area contributed by atoms with Crippen molar-refractivity contribution in [3.8, 4) is 0 Å². The van der Waals surface area contributed by atoms with Crippen LogP contribution < -0.4 is 0 Å². The summed E-state index contributed by atoms with van der Waals surface area (Å²) in [5, 5.41) is 20.3. The molecule has 1 N–H and O–H groups in total. The van der Waals surface area contributed by atoms with Gasteiger partial charge in [-0.3, -0.25) is 0 Å². The lowest BCUT2D eigenvalue weighted by Gasteiger charge is -2.03. The second-order valence-electron chi connectivity index (χ2n) is 3.44. The van der Waals surface area contributed by atoms with Crippen molar-refractivity contribution in [1.29, 1.82) is 0 Å². The summed E-state index contributed by atoms with van der Waals surface area (Å²) in [6.07, 6.45) is 0. The number of azo groups is 1. The zero-order chi connectivity index (χ0) is 14.8. The zero-order valence-electron chi connectivity index (χ0n) is 10.8. The number of azide groups is 1. The predicted molar refractivity (Wildman–Crippen MR) is 71.3 cm³/mol. The van der Waals surface area contributed by atoms with Crippen LogP contribution in [0.1, 0.15) is 6.92 Å². The van der Waals surface area contributed by atoms with E-state index in [2.05, 4.69) is 20.3 Å². The van der Waals surface area contributed by atoms with Crippen LogP contribution in [0.25, 0.3) is 10.4 Å². The number of carbonyl (C=O) groups excluding carboxylic acids is 1. The van der Waals surface area contributed by atoms with E-state index in [9.17, 15) is 9.90 Å². The molecule has 1 rings (SSSR count). The van der Waals surface area contributed by atoms with Crippen LogP contribution in [-0.4, -0.2) is 24.2 Å². The number of benzene rings is 1. The van der Waals surface area contributed by atoms with Crippen LogP contribution in [0.2, 0.25) is 0 Å². The van der Waals surface area contributed by atoms with E-state index >= 15 is 0 Å². The zero-order valence-corrected chi connectivity index (χ0v) is 10.8. The molecule has 0 saturated carbocycles. The van der Waals surface area contributed by atoms with Gasteiger partial charge >= 0.3 is 5.97 Å². The Hall–Kier alpha value is -2.86. The van der Waals surface area contributed by atoms with E-state index in [-0.39, 0.29) is 12.3 Å². The van der Waals surface area contributed by atoms with Crippen molar-refractivity contribution in [2.24, 2.45) is 15.3 Å². The van der Waals surface area contributed by atoms with E-state index in [1.165, 1.54) is 0 Å². The molecule has 0 amide bonds. The molecule has 0 atom stereocenters. The van der Waals surface area contributed by atoms with Gasteiger partial charge in [-0.05, 0) is 24.6 Å². The fraction of sp³-hybridized carbons (Fsp3) is 0.250. The van der Waals surface area contributed by atoms with Crippen LogP contribution in [0.15, 0.2) is 57.1 Å². The maximum atomic E-state index is 11.6. The van der Waals surface area contributed by atoms with Gasteiger partial charge in [0, 0.05) is 4.91 Å². The highest BCUT2D eigenvalue weighted by molar-refractivity contribution is 5.88. The standard InChI is InChI=1S/C12H13N5O3/c1-2-20-12(19)11(10(18)8-14-17-13)16-15-9-6-4-3-5-7-9/h3-7,18H,2,8H2,1H3/b11-10-,16-15?.